The largest absolute Gasteiger partial charge is 0.329 e. The molecule has 5 heteroatoms. The molecule has 1 atom stereocenters. The lowest BCUT2D eigenvalue weighted by atomic mass is 10.1. The van der Waals surface area contributed by atoms with Gasteiger partial charge in [-0.1, -0.05) is 43.2 Å². The molecule has 1 aromatic rings. The highest BCUT2D eigenvalue weighted by atomic mass is 32.2. The minimum atomic E-state index is -3.27. The number of nitrogens with zero attached hydrogens (tertiary/aromatic N) is 1. The van der Waals surface area contributed by atoms with E-state index < -0.39 is 10.0 Å². The van der Waals surface area contributed by atoms with Gasteiger partial charge in [0, 0.05) is 19.1 Å². The molecule has 1 aliphatic heterocycles. The normalized spacial score (nSPS) is 22.1. The van der Waals surface area contributed by atoms with Gasteiger partial charge in [0.25, 0.3) is 0 Å². The fraction of sp³-hybridized carbons (Fsp3) is 0.571. The zero-order chi connectivity index (χ0) is 13.7. The fourth-order valence-corrected chi connectivity index (χ4v) is 4.45. The lowest BCUT2D eigenvalue weighted by molar-refractivity contribution is 0.327. The van der Waals surface area contributed by atoms with Crippen LogP contribution in [0, 0.1) is 0 Å². The quantitative estimate of drug-likeness (QED) is 0.914. The third kappa shape index (κ3) is 3.78. The first kappa shape index (κ1) is 14.5. The number of hydrogen-bond donors (Lipinski definition) is 1. The number of benzene rings is 1. The summed E-state index contributed by atoms with van der Waals surface area (Å²) in [7, 11) is -3.27. The summed E-state index contributed by atoms with van der Waals surface area (Å²) in [6.07, 6.45) is 3.97. The predicted molar refractivity (Wildman–Crippen MR) is 77.1 cm³/mol. The van der Waals surface area contributed by atoms with Crippen LogP contribution in [-0.4, -0.2) is 31.9 Å². The average molecular weight is 282 g/mol. The Labute approximate surface area is 115 Å². The molecule has 1 aliphatic rings. The molecule has 0 spiro atoms. The fourth-order valence-electron chi connectivity index (χ4n) is 2.62. The molecular weight excluding hydrogens is 260 g/mol. The predicted octanol–water partition coefficient (Wildman–Crippen LogP) is 1.72. The highest BCUT2D eigenvalue weighted by molar-refractivity contribution is 7.88. The van der Waals surface area contributed by atoms with Crippen molar-refractivity contribution in [2.24, 2.45) is 5.73 Å². The maximum absolute atomic E-state index is 12.5. The van der Waals surface area contributed by atoms with Crippen LogP contribution in [0.25, 0.3) is 0 Å². The molecule has 0 radical (unpaired) electrons. The van der Waals surface area contributed by atoms with Crippen LogP contribution in [0.15, 0.2) is 30.3 Å². The summed E-state index contributed by atoms with van der Waals surface area (Å²) in [5.41, 5.74) is 6.58. The van der Waals surface area contributed by atoms with E-state index in [4.69, 9.17) is 5.73 Å². The van der Waals surface area contributed by atoms with Crippen molar-refractivity contribution in [3.8, 4) is 0 Å². The number of sulfonamides is 1. The van der Waals surface area contributed by atoms with Gasteiger partial charge in [0.15, 0.2) is 0 Å². The highest BCUT2D eigenvalue weighted by Crippen LogP contribution is 2.21. The number of rotatable bonds is 4. The Morgan fingerprint density at radius 1 is 1.16 bits per heavy atom. The van der Waals surface area contributed by atoms with E-state index >= 15 is 0 Å². The SMILES string of the molecule is NCC1CCCCCN1S(=O)(=O)Cc1ccccc1. The van der Waals surface area contributed by atoms with Gasteiger partial charge in [-0.25, -0.2) is 8.42 Å². The summed E-state index contributed by atoms with van der Waals surface area (Å²) < 4.78 is 26.7. The lowest BCUT2D eigenvalue weighted by Gasteiger charge is -2.28. The number of hydrogen-bond acceptors (Lipinski definition) is 3. The minimum Gasteiger partial charge on any atom is -0.329 e. The van der Waals surface area contributed by atoms with Crippen LogP contribution in [-0.2, 0) is 15.8 Å². The summed E-state index contributed by atoms with van der Waals surface area (Å²) in [4.78, 5) is 0. The molecule has 0 aliphatic carbocycles. The summed E-state index contributed by atoms with van der Waals surface area (Å²) in [5, 5.41) is 0. The molecule has 0 amide bonds. The van der Waals surface area contributed by atoms with Gasteiger partial charge in [-0.15, -0.1) is 0 Å². The maximum atomic E-state index is 12.5. The molecule has 106 valence electrons. The third-order valence-corrected chi connectivity index (χ3v) is 5.54. The molecule has 1 heterocycles. The topological polar surface area (TPSA) is 63.4 Å². The standard InChI is InChI=1S/C14H22N2O2S/c15-11-14-9-5-2-6-10-16(14)19(17,18)12-13-7-3-1-4-8-13/h1,3-4,7-8,14H,2,5-6,9-12,15H2. The van der Waals surface area contributed by atoms with Crippen LogP contribution < -0.4 is 5.73 Å². The van der Waals surface area contributed by atoms with E-state index in [1.54, 1.807) is 4.31 Å². The van der Waals surface area contributed by atoms with Crippen molar-refractivity contribution in [2.45, 2.75) is 37.5 Å². The van der Waals surface area contributed by atoms with E-state index in [1.165, 1.54) is 0 Å². The van der Waals surface area contributed by atoms with Crippen molar-refractivity contribution < 1.29 is 8.42 Å². The first-order valence-corrected chi connectivity index (χ1v) is 8.48. The molecule has 2 rings (SSSR count). The van der Waals surface area contributed by atoms with Gasteiger partial charge in [0.1, 0.15) is 0 Å². The van der Waals surface area contributed by atoms with Crippen LogP contribution in [0.4, 0.5) is 0 Å². The zero-order valence-corrected chi connectivity index (χ0v) is 12.0. The van der Waals surface area contributed by atoms with Gasteiger partial charge in [-0.2, -0.15) is 4.31 Å². The zero-order valence-electron chi connectivity index (χ0n) is 11.2. The van der Waals surface area contributed by atoms with Gasteiger partial charge >= 0.3 is 0 Å². The summed E-state index contributed by atoms with van der Waals surface area (Å²) in [6, 6.07) is 9.31. The first-order valence-electron chi connectivity index (χ1n) is 6.87. The molecule has 1 saturated heterocycles. The Balaban J connectivity index is 2.17. The molecule has 0 aromatic heterocycles. The van der Waals surface area contributed by atoms with Gasteiger partial charge in [-0.3, -0.25) is 0 Å². The lowest BCUT2D eigenvalue weighted by Crippen LogP contribution is -2.44. The average Bonchev–Trinajstić information content (AvgIpc) is 2.64. The third-order valence-electron chi connectivity index (χ3n) is 3.64. The smallest absolute Gasteiger partial charge is 0.218 e. The summed E-state index contributed by atoms with van der Waals surface area (Å²) in [5.74, 6) is 0.0737. The Morgan fingerprint density at radius 2 is 1.89 bits per heavy atom. The van der Waals surface area contributed by atoms with E-state index in [0.717, 1.165) is 31.2 Å². The van der Waals surface area contributed by atoms with Crippen LogP contribution in [0.3, 0.4) is 0 Å². The Bertz CT molecular complexity index is 487. The van der Waals surface area contributed by atoms with Gasteiger partial charge in [0.05, 0.1) is 5.75 Å². The van der Waals surface area contributed by atoms with E-state index in [1.807, 2.05) is 30.3 Å². The van der Waals surface area contributed by atoms with Crippen molar-refractivity contribution in [3.05, 3.63) is 35.9 Å². The van der Waals surface area contributed by atoms with Crippen molar-refractivity contribution in [3.63, 3.8) is 0 Å². The highest BCUT2D eigenvalue weighted by Gasteiger charge is 2.30. The van der Waals surface area contributed by atoms with Gasteiger partial charge in [-0.05, 0) is 18.4 Å². The van der Waals surface area contributed by atoms with Crippen LogP contribution in [0.1, 0.15) is 31.2 Å². The second-order valence-corrected chi connectivity index (χ2v) is 7.01. The molecule has 1 unspecified atom stereocenters. The molecule has 1 fully saturated rings. The van der Waals surface area contributed by atoms with Crippen LogP contribution in [0.2, 0.25) is 0 Å². The first-order chi connectivity index (χ1) is 9.13. The number of nitrogens with two attached hydrogens (primary N) is 1. The second kappa shape index (κ2) is 6.50. The molecule has 2 N–H and O–H groups in total. The van der Waals surface area contributed by atoms with Crippen molar-refractivity contribution in [1.29, 1.82) is 0 Å². The molecule has 1 aromatic carbocycles. The van der Waals surface area contributed by atoms with E-state index in [0.29, 0.717) is 13.1 Å². The Kier molecular flexibility index (Phi) is 4.96. The molecule has 0 saturated carbocycles. The second-order valence-electron chi connectivity index (χ2n) is 5.09. The van der Waals surface area contributed by atoms with Gasteiger partial charge in [0.2, 0.25) is 10.0 Å². The summed E-state index contributed by atoms with van der Waals surface area (Å²) >= 11 is 0. The van der Waals surface area contributed by atoms with E-state index in [-0.39, 0.29) is 11.8 Å². The Hall–Kier alpha value is -0.910. The minimum absolute atomic E-state index is 0.0313. The molecular formula is C14H22N2O2S. The monoisotopic (exact) mass is 282 g/mol. The van der Waals surface area contributed by atoms with Crippen molar-refractivity contribution in [1.82, 2.24) is 4.31 Å². The molecule has 0 bridgehead atoms. The van der Waals surface area contributed by atoms with Crippen LogP contribution in [0.5, 0.6) is 0 Å². The van der Waals surface area contributed by atoms with E-state index in [9.17, 15) is 8.42 Å². The Morgan fingerprint density at radius 3 is 2.58 bits per heavy atom. The van der Waals surface area contributed by atoms with Crippen molar-refractivity contribution in [2.75, 3.05) is 13.1 Å². The van der Waals surface area contributed by atoms with Crippen molar-refractivity contribution >= 4 is 10.0 Å². The van der Waals surface area contributed by atoms with E-state index in [2.05, 4.69) is 0 Å². The molecule has 19 heavy (non-hydrogen) atoms. The van der Waals surface area contributed by atoms with Crippen LogP contribution >= 0.6 is 0 Å². The molecule has 4 nitrogen and oxygen atoms in total. The summed E-state index contributed by atoms with van der Waals surface area (Å²) in [6.45, 7) is 1.02. The van der Waals surface area contributed by atoms with Gasteiger partial charge < -0.3 is 5.73 Å². The maximum Gasteiger partial charge on any atom is 0.218 e.